The van der Waals surface area contributed by atoms with Crippen LogP contribution in [0.1, 0.15) is 23.9 Å². The van der Waals surface area contributed by atoms with Gasteiger partial charge in [-0.15, -0.1) is 0 Å². The summed E-state index contributed by atoms with van der Waals surface area (Å²) in [4.78, 5) is 29.7. The molecule has 2 aromatic heterocycles. The summed E-state index contributed by atoms with van der Waals surface area (Å²) in [5.41, 5.74) is 2.49. The van der Waals surface area contributed by atoms with Crippen LogP contribution in [-0.4, -0.2) is 14.1 Å². The first-order valence-corrected chi connectivity index (χ1v) is 9.37. The second-order valence-corrected chi connectivity index (χ2v) is 6.67. The maximum absolute atomic E-state index is 13.4. The molecule has 5 heteroatoms. The maximum atomic E-state index is 13.4. The molecule has 2 aromatic carbocycles. The molecule has 0 aliphatic heterocycles. The molecule has 0 N–H and O–H groups in total. The summed E-state index contributed by atoms with van der Waals surface area (Å²) in [5, 5.41) is 0.492. The van der Waals surface area contributed by atoms with Gasteiger partial charge in [-0.3, -0.25) is 14.2 Å². The van der Waals surface area contributed by atoms with Gasteiger partial charge in [0.05, 0.1) is 16.6 Å². The van der Waals surface area contributed by atoms with Crippen molar-refractivity contribution in [2.24, 2.45) is 7.05 Å². The highest BCUT2D eigenvalue weighted by Gasteiger charge is 2.13. The fraction of sp³-hybridized carbons (Fsp3) is 0.125. The van der Waals surface area contributed by atoms with E-state index in [4.69, 9.17) is 4.98 Å². The van der Waals surface area contributed by atoms with Crippen LogP contribution in [0.2, 0.25) is 0 Å². The minimum absolute atomic E-state index is 0.0947. The third-order valence-electron chi connectivity index (χ3n) is 4.72. The molecule has 0 radical (unpaired) electrons. The zero-order valence-electron chi connectivity index (χ0n) is 16.2. The Labute approximate surface area is 167 Å². The molecule has 0 saturated carbocycles. The fourth-order valence-electron chi connectivity index (χ4n) is 3.27. The minimum Gasteiger partial charge on any atom is -0.317 e. The van der Waals surface area contributed by atoms with Crippen molar-refractivity contribution in [1.29, 1.82) is 0 Å². The smallest absolute Gasteiger partial charge is 0.267 e. The monoisotopic (exact) mass is 381 g/mol. The van der Waals surface area contributed by atoms with E-state index in [1.165, 1.54) is 10.6 Å². The predicted molar refractivity (Wildman–Crippen MR) is 114 cm³/mol. The Kier molecular flexibility index (Phi) is 4.84. The summed E-state index contributed by atoms with van der Waals surface area (Å²) in [6, 6.07) is 18.2. The lowest BCUT2D eigenvalue weighted by molar-refractivity contribution is 0.833. The lowest BCUT2D eigenvalue weighted by Gasteiger charge is -2.13. The number of nitrogens with zero attached hydrogens (tertiary/aromatic N) is 3. The second kappa shape index (κ2) is 7.61. The van der Waals surface area contributed by atoms with Crippen molar-refractivity contribution in [2.45, 2.75) is 13.3 Å². The number of aromatic nitrogens is 3. The SMILES string of the molecule is CCc1nc2cccc(C#Cc3ccc(=O)n(C)c3)c2c(=O)n1-c1ccccc1. The van der Waals surface area contributed by atoms with Crippen molar-refractivity contribution in [3.8, 4) is 17.5 Å². The van der Waals surface area contributed by atoms with Crippen molar-refractivity contribution in [2.75, 3.05) is 0 Å². The van der Waals surface area contributed by atoms with Gasteiger partial charge in [-0.05, 0) is 30.3 Å². The van der Waals surface area contributed by atoms with E-state index >= 15 is 0 Å². The molecule has 0 unspecified atom stereocenters. The van der Waals surface area contributed by atoms with Crippen molar-refractivity contribution in [3.05, 3.63) is 105 Å². The van der Waals surface area contributed by atoms with Crippen LogP contribution in [-0.2, 0) is 13.5 Å². The molecule has 2 heterocycles. The number of fused-ring (bicyclic) bond motifs is 1. The van der Waals surface area contributed by atoms with Crippen molar-refractivity contribution >= 4 is 10.9 Å². The van der Waals surface area contributed by atoms with Crippen LogP contribution < -0.4 is 11.1 Å². The van der Waals surface area contributed by atoms with Gasteiger partial charge in [-0.1, -0.05) is 43.0 Å². The van der Waals surface area contributed by atoms with Crippen molar-refractivity contribution < 1.29 is 0 Å². The Hall–Kier alpha value is -3.91. The summed E-state index contributed by atoms with van der Waals surface area (Å²) >= 11 is 0. The molecule has 0 atom stereocenters. The predicted octanol–water partition coefficient (Wildman–Crippen LogP) is 3.05. The van der Waals surface area contributed by atoms with E-state index < -0.39 is 0 Å². The molecule has 0 aliphatic carbocycles. The van der Waals surface area contributed by atoms with Gasteiger partial charge in [-0.2, -0.15) is 0 Å². The third-order valence-corrected chi connectivity index (χ3v) is 4.72. The van der Waals surface area contributed by atoms with Crippen molar-refractivity contribution in [3.63, 3.8) is 0 Å². The summed E-state index contributed by atoms with van der Waals surface area (Å²) in [5.74, 6) is 6.84. The molecule has 0 saturated heterocycles. The molecule has 5 nitrogen and oxygen atoms in total. The summed E-state index contributed by atoms with van der Waals surface area (Å²) in [6.45, 7) is 1.98. The number of para-hydroxylation sites is 1. The van der Waals surface area contributed by atoms with Crippen LogP contribution in [0.15, 0.2) is 76.4 Å². The maximum Gasteiger partial charge on any atom is 0.267 e. The van der Waals surface area contributed by atoms with Gasteiger partial charge in [0.15, 0.2) is 0 Å². The Morgan fingerprint density at radius 2 is 1.72 bits per heavy atom. The number of aryl methyl sites for hydroxylation is 2. The number of benzene rings is 2. The van der Waals surface area contributed by atoms with E-state index in [2.05, 4.69) is 11.8 Å². The first kappa shape index (κ1) is 18.5. The number of pyridine rings is 1. The molecular weight excluding hydrogens is 362 g/mol. The largest absolute Gasteiger partial charge is 0.317 e. The Morgan fingerprint density at radius 1 is 0.931 bits per heavy atom. The van der Waals surface area contributed by atoms with Crippen LogP contribution in [0.5, 0.6) is 0 Å². The highest BCUT2D eigenvalue weighted by atomic mass is 16.1. The first-order chi connectivity index (χ1) is 14.1. The second-order valence-electron chi connectivity index (χ2n) is 6.67. The molecule has 29 heavy (non-hydrogen) atoms. The van der Waals surface area contributed by atoms with Crippen LogP contribution in [0, 0.1) is 11.8 Å². The van der Waals surface area contributed by atoms with Gasteiger partial charge in [-0.25, -0.2) is 4.98 Å². The average Bonchev–Trinajstić information content (AvgIpc) is 2.74. The van der Waals surface area contributed by atoms with Gasteiger partial charge in [0.2, 0.25) is 5.56 Å². The topological polar surface area (TPSA) is 56.9 Å². The molecule has 0 amide bonds. The number of rotatable bonds is 2. The molecule has 0 bridgehead atoms. The van der Waals surface area contributed by atoms with E-state index in [1.807, 2.05) is 55.5 Å². The quantitative estimate of drug-likeness (QED) is 0.502. The zero-order chi connectivity index (χ0) is 20.4. The zero-order valence-corrected chi connectivity index (χ0v) is 16.2. The van der Waals surface area contributed by atoms with Gasteiger partial charge in [0, 0.05) is 36.9 Å². The van der Waals surface area contributed by atoms with Gasteiger partial charge >= 0.3 is 0 Å². The summed E-state index contributed by atoms with van der Waals surface area (Å²) in [7, 11) is 1.68. The Balaban J connectivity index is 1.95. The molecule has 0 aliphatic rings. The van der Waals surface area contributed by atoms with Crippen LogP contribution in [0.4, 0.5) is 0 Å². The average molecular weight is 381 g/mol. The lowest BCUT2D eigenvalue weighted by atomic mass is 10.1. The molecule has 4 rings (SSSR count). The molecule has 0 fully saturated rings. The fourth-order valence-corrected chi connectivity index (χ4v) is 3.27. The van der Waals surface area contributed by atoms with E-state index in [1.54, 1.807) is 23.9 Å². The van der Waals surface area contributed by atoms with E-state index in [9.17, 15) is 9.59 Å². The lowest BCUT2D eigenvalue weighted by Crippen LogP contribution is -2.24. The molecule has 4 aromatic rings. The summed E-state index contributed by atoms with van der Waals surface area (Å²) in [6.07, 6.45) is 2.31. The van der Waals surface area contributed by atoms with E-state index in [0.717, 1.165) is 5.69 Å². The molecular formula is C24H19N3O2. The highest BCUT2D eigenvalue weighted by molar-refractivity contribution is 5.84. The standard InChI is InChI=1S/C24H19N3O2/c1-3-21-25-20-11-7-8-18(14-12-17-13-15-22(28)26(2)16-17)23(20)24(29)27(21)19-9-5-4-6-10-19/h4-11,13,15-16H,3H2,1-2H3. The normalized spacial score (nSPS) is 10.6. The van der Waals surface area contributed by atoms with Gasteiger partial charge < -0.3 is 4.57 Å². The molecule has 142 valence electrons. The Bertz CT molecular complexity index is 1390. The van der Waals surface area contributed by atoms with Crippen LogP contribution in [0.25, 0.3) is 16.6 Å². The van der Waals surface area contributed by atoms with Gasteiger partial charge in [0.25, 0.3) is 5.56 Å². The number of hydrogen-bond donors (Lipinski definition) is 0. The molecule has 0 spiro atoms. The minimum atomic E-state index is -0.136. The van der Waals surface area contributed by atoms with Gasteiger partial charge in [0.1, 0.15) is 5.82 Å². The van der Waals surface area contributed by atoms with E-state index in [-0.39, 0.29) is 11.1 Å². The van der Waals surface area contributed by atoms with Crippen LogP contribution in [0.3, 0.4) is 0 Å². The summed E-state index contributed by atoms with van der Waals surface area (Å²) < 4.78 is 3.13. The number of hydrogen-bond acceptors (Lipinski definition) is 3. The first-order valence-electron chi connectivity index (χ1n) is 9.37. The highest BCUT2D eigenvalue weighted by Crippen LogP contribution is 2.16. The van der Waals surface area contributed by atoms with E-state index in [0.29, 0.717) is 34.3 Å². The van der Waals surface area contributed by atoms with Crippen LogP contribution >= 0.6 is 0 Å². The Morgan fingerprint density at radius 3 is 2.45 bits per heavy atom. The third kappa shape index (κ3) is 3.48. The van der Waals surface area contributed by atoms with Crippen molar-refractivity contribution in [1.82, 2.24) is 14.1 Å².